The number of halogens is 1. The summed E-state index contributed by atoms with van der Waals surface area (Å²) in [5, 5.41) is 2.99. The Morgan fingerprint density at radius 3 is 2.53 bits per heavy atom. The van der Waals surface area contributed by atoms with E-state index in [0.717, 1.165) is 24.0 Å². The van der Waals surface area contributed by atoms with Gasteiger partial charge in [-0.2, -0.15) is 0 Å². The minimum absolute atomic E-state index is 0. The van der Waals surface area contributed by atoms with Gasteiger partial charge >= 0.3 is 0 Å². The fourth-order valence-electron chi connectivity index (χ4n) is 2.02. The van der Waals surface area contributed by atoms with Crippen molar-refractivity contribution in [3.8, 4) is 0 Å². The molecule has 4 nitrogen and oxygen atoms in total. The van der Waals surface area contributed by atoms with Crippen LogP contribution in [-0.2, 0) is 11.3 Å². The number of carbonyl (C=O) groups excluding carboxylic acids is 1. The molecule has 1 aromatic rings. The summed E-state index contributed by atoms with van der Waals surface area (Å²) in [6, 6.07) is 1.93. The fraction of sp³-hybridized carbons (Fsp3) is 0.571. The number of aryl methyl sites for hydroxylation is 1. The van der Waals surface area contributed by atoms with Crippen LogP contribution in [0, 0.1) is 12.3 Å². The standard InChI is InChI=1S/C14H23N3O.ClH/c1-4-14(5-2,10-15)13(18)17-9-12-6-7-16-8-11(12)3;/h6-8H,4-5,9-10,15H2,1-3H3,(H,17,18);1H. The predicted molar refractivity (Wildman–Crippen MR) is 80.1 cm³/mol. The Labute approximate surface area is 121 Å². The van der Waals surface area contributed by atoms with E-state index in [1.165, 1.54) is 0 Å². The highest BCUT2D eigenvalue weighted by molar-refractivity contribution is 5.85. The zero-order chi connectivity index (χ0) is 13.6. The van der Waals surface area contributed by atoms with Gasteiger partial charge in [0.05, 0.1) is 5.41 Å². The van der Waals surface area contributed by atoms with E-state index in [9.17, 15) is 4.79 Å². The first-order valence-electron chi connectivity index (χ1n) is 6.47. The third-order valence-corrected chi connectivity index (χ3v) is 3.80. The highest BCUT2D eigenvalue weighted by atomic mass is 35.5. The molecule has 19 heavy (non-hydrogen) atoms. The molecule has 3 N–H and O–H groups in total. The Bertz CT molecular complexity index is 397. The fourth-order valence-corrected chi connectivity index (χ4v) is 2.02. The molecule has 1 rings (SSSR count). The number of carbonyl (C=O) groups is 1. The van der Waals surface area contributed by atoms with Gasteiger partial charge in [-0.1, -0.05) is 13.8 Å². The largest absolute Gasteiger partial charge is 0.351 e. The lowest BCUT2D eigenvalue weighted by Gasteiger charge is -2.28. The summed E-state index contributed by atoms with van der Waals surface area (Å²) in [5.41, 5.74) is 7.51. The van der Waals surface area contributed by atoms with Gasteiger partial charge in [0.25, 0.3) is 0 Å². The van der Waals surface area contributed by atoms with Crippen LogP contribution in [0.3, 0.4) is 0 Å². The molecule has 0 aliphatic carbocycles. The van der Waals surface area contributed by atoms with Crippen LogP contribution in [0.2, 0.25) is 0 Å². The molecule has 0 saturated heterocycles. The average Bonchev–Trinajstić information content (AvgIpc) is 2.40. The first-order valence-corrected chi connectivity index (χ1v) is 6.47. The SMILES string of the molecule is CCC(CC)(CN)C(=O)NCc1ccncc1C.Cl. The van der Waals surface area contributed by atoms with Crippen LogP contribution in [0.15, 0.2) is 18.5 Å². The first-order chi connectivity index (χ1) is 8.59. The molecule has 108 valence electrons. The van der Waals surface area contributed by atoms with Crippen LogP contribution in [0.5, 0.6) is 0 Å². The maximum atomic E-state index is 12.2. The number of aromatic nitrogens is 1. The third kappa shape index (κ3) is 4.18. The zero-order valence-corrected chi connectivity index (χ0v) is 12.7. The van der Waals surface area contributed by atoms with Gasteiger partial charge in [-0.3, -0.25) is 9.78 Å². The molecule has 0 aliphatic heterocycles. The summed E-state index contributed by atoms with van der Waals surface area (Å²) in [6.45, 7) is 6.93. The van der Waals surface area contributed by atoms with Crippen LogP contribution in [0.4, 0.5) is 0 Å². The van der Waals surface area contributed by atoms with Gasteiger partial charge in [0.1, 0.15) is 0 Å². The summed E-state index contributed by atoms with van der Waals surface area (Å²) in [7, 11) is 0. The molecule has 0 radical (unpaired) electrons. The molecule has 0 aliphatic rings. The van der Waals surface area contributed by atoms with Gasteiger partial charge in [-0.05, 0) is 37.0 Å². The van der Waals surface area contributed by atoms with Gasteiger partial charge in [-0.25, -0.2) is 0 Å². The summed E-state index contributed by atoms with van der Waals surface area (Å²) in [6.07, 6.45) is 5.07. The molecule has 0 spiro atoms. The second-order valence-electron chi connectivity index (χ2n) is 4.68. The normalized spacial score (nSPS) is 10.7. The summed E-state index contributed by atoms with van der Waals surface area (Å²) in [4.78, 5) is 16.3. The number of pyridine rings is 1. The predicted octanol–water partition coefficient (Wildman–Crippen LogP) is 2.19. The molecule has 1 aromatic heterocycles. The van der Waals surface area contributed by atoms with Crippen LogP contribution >= 0.6 is 12.4 Å². The number of nitrogens with zero attached hydrogens (tertiary/aromatic N) is 1. The van der Waals surface area contributed by atoms with Crippen molar-refractivity contribution in [1.82, 2.24) is 10.3 Å². The summed E-state index contributed by atoms with van der Waals surface area (Å²) in [5.74, 6) is 0.0474. The maximum Gasteiger partial charge on any atom is 0.227 e. The molecule has 1 heterocycles. The number of hydrogen-bond acceptors (Lipinski definition) is 3. The Balaban J connectivity index is 0.00000324. The second-order valence-corrected chi connectivity index (χ2v) is 4.68. The van der Waals surface area contributed by atoms with Crippen molar-refractivity contribution in [1.29, 1.82) is 0 Å². The Morgan fingerprint density at radius 2 is 2.05 bits per heavy atom. The van der Waals surface area contributed by atoms with Gasteiger partial charge in [0, 0.05) is 25.5 Å². The van der Waals surface area contributed by atoms with E-state index in [1.54, 1.807) is 12.4 Å². The Hall–Kier alpha value is -1.13. The molecule has 0 aromatic carbocycles. The molecule has 0 fully saturated rings. The first kappa shape index (κ1) is 17.9. The number of nitrogens with one attached hydrogen (secondary N) is 1. The molecule has 0 bridgehead atoms. The van der Waals surface area contributed by atoms with E-state index < -0.39 is 5.41 Å². The van der Waals surface area contributed by atoms with Gasteiger partial charge in [0.15, 0.2) is 0 Å². The topological polar surface area (TPSA) is 68.0 Å². The monoisotopic (exact) mass is 285 g/mol. The van der Waals surface area contributed by atoms with Crippen LogP contribution < -0.4 is 11.1 Å². The molecule has 0 atom stereocenters. The van der Waals surface area contributed by atoms with Crippen LogP contribution in [-0.4, -0.2) is 17.4 Å². The van der Waals surface area contributed by atoms with E-state index in [0.29, 0.717) is 13.1 Å². The maximum absolute atomic E-state index is 12.2. The quantitative estimate of drug-likeness (QED) is 0.842. The van der Waals surface area contributed by atoms with Crippen molar-refractivity contribution in [2.45, 2.75) is 40.2 Å². The van der Waals surface area contributed by atoms with Crippen molar-refractivity contribution < 1.29 is 4.79 Å². The van der Waals surface area contributed by atoms with Crippen molar-refractivity contribution in [2.24, 2.45) is 11.1 Å². The number of nitrogens with two attached hydrogens (primary N) is 1. The molecular formula is C14H24ClN3O. The van der Waals surface area contributed by atoms with Crippen molar-refractivity contribution in [3.05, 3.63) is 29.6 Å². The molecule has 0 unspecified atom stereocenters. The minimum Gasteiger partial charge on any atom is -0.351 e. The second kappa shape index (κ2) is 8.12. The lowest BCUT2D eigenvalue weighted by molar-refractivity contribution is -0.131. The Morgan fingerprint density at radius 1 is 1.42 bits per heavy atom. The van der Waals surface area contributed by atoms with E-state index >= 15 is 0 Å². The van der Waals surface area contributed by atoms with E-state index in [1.807, 2.05) is 26.8 Å². The minimum atomic E-state index is -0.430. The smallest absolute Gasteiger partial charge is 0.227 e. The molecule has 1 amide bonds. The lowest BCUT2D eigenvalue weighted by Crippen LogP contribution is -2.45. The Kier molecular flexibility index (Phi) is 7.64. The highest BCUT2D eigenvalue weighted by Gasteiger charge is 2.32. The van der Waals surface area contributed by atoms with Crippen molar-refractivity contribution in [2.75, 3.05) is 6.54 Å². The van der Waals surface area contributed by atoms with E-state index in [-0.39, 0.29) is 18.3 Å². The average molecular weight is 286 g/mol. The van der Waals surface area contributed by atoms with E-state index in [2.05, 4.69) is 10.3 Å². The summed E-state index contributed by atoms with van der Waals surface area (Å²) >= 11 is 0. The van der Waals surface area contributed by atoms with E-state index in [4.69, 9.17) is 5.73 Å². The highest BCUT2D eigenvalue weighted by Crippen LogP contribution is 2.25. The van der Waals surface area contributed by atoms with Gasteiger partial charge in [-0.15, -0.1) is 12.4 Å². The molecular weight excluding hydrogens is 262 g/mol. The van der Waals surface area contributed by atoms with Gasteiger partial charge < -0.3 is 11.1 Å². The number of hydrogen-bond donors (Lipinski definition) is 2. The van der Waals surface area contributed by atoms with Crippen LogP contribution in [0.1, 0.15) is 37.8 Å². The lowest BCUT2D eigenvalue weighted by atomic mass is 9.81. The van der Waals surface area contributed by atoms with Crippen molar-refractivity contribution in [3.63, 3.8) is 0 Å². The molecule has 0 saturated carbocycles. The number of amides is 1. The summed E-state index contributed by atoms with van der Waals surface area (Å²) < 4.78 is 0. The number of rotatable bonds is 6. The third-order valence-electron chi connectivity index (χ3n) is 3.80. The van der Waals surface area contributed by atoms with Gasteiger partial charge in [0.2, 0.25) is 5.91 Å². The van der Waals surface area contributed by atoms with Crippen LogP contribution in [0.25, 0.3) is 0 Å². The molecule has 5 heteroatoms. The van der Waals surface area contributed by atoms with Crippen molar-refractivity contribution >= 4 is 18.3 Å². The zero-order valence-electron chi connectivity index (χ0n) is 11.9.